The minimum absolute atomic E-state index is 0.0375. The molecule has 0 aliphatic carbocycles. The lowest BCUT2D eigenvalue weighted by atomic mass is 9.99. The SMILES string of the molecule is NC(Cc1cccc(F)c1Cl)c1ccc(Br)cc1F. The van der Waals surface area contributed by atoms with Gasteiger partial charge < -0.3 is 5.73 Å². The van der Waals surface area contributed by atoms with Crippen LogP contribution in [0.5, 0.6) is 0 Å². The highest BCUT2D eigenvalue weighted by molar-refractivity contribution is 9.10. The average Bonchev–Trinajstić information content (AvgIpc) is 2.34. The summed E-state index contributed by atoms with van der Waals surface area (Å²) in [6.45, 7) is 0. The fourth-order valence-electron chi connectivity index (χ4n) is 1.86. The van der Waals surface area contributed by atoms with E-state index in [0.717, 1.165) is 0 Å². The van der Waals surface area contributed by atoms with Crippen molar-refractivity contribution in [2.24, 2.45) is 5.73 Å². The number of benzene rings is 2. The molecule has 5 heteroatoms. The number of rotatable bonds is 3. The summed E-state index contributed by atoms with van der Waals surface area (Å²) in [5.41, 5.74) is 6.90. The smallest absolute Gasteiger partial charge is 0.142 e. The fraction of sp³-hybridized carbons (Fsp3) is 0.143. The van der Waals surface area contributed by atoms with E-state index in [1.54, 1.807) is 24.3 Å². The van der Waals surface area contributed by atoms with E-state index in [-0.39, 0.29) is 11.4 Å². The zero-order valence-corrected chi connectivity index (χ0v) is 12.2. The molecule has 1 unspecified atom stereocenters. The van der Waals surface area contributed by atoms with E-state index in [1.165, 1.54) is 12.1 Å². The van der Waals surface area contributed by atoms with Crippen molar-refractivity contribution in [3.8, 4) is 0 Å². The first-order chi connectivity index (χ1) is 8.99. The van der Waals surface area contributed by atoms with Gasteiger partial charge in [0.2, 0.25) is 0 Å². The van der Waals surface area contributed by atoms with Crippen molar-refractivity contribution in [2.45, 2.75) is 12.5 Å². The molecule has 100 valence electrons. The van der Waals surface area contributed by atoms with Gasteiger partial charge in [-0.3, -0.25) is 0 Å². The number of hydrogen-bond acceptors (Lipinski definition) is 1. The lowest BCUT2D eigenvalue weighted by molar-refractivity contribution is 0.578. The van der Waals surface area contributed by atoms with Crippen LogP contribution < -0.4 is 5.73 Å². The van der Waals surface area contributed by atoms with Crippen LogP contribution in [-0.2, 0) is 6.42 Å². The van der Waals surface area contributed by atoms with E-state index in [9.17, 15) is 8.78 Å². The van der Waals surface area contributed by atoms with E-state index in [4.69, 9.17) is 17.3 Å². The second-order valence-corrected chi connectivity index (χ2v) is 5.48. The molecule has 2 rings (SSSR count). The summed E-state index contributed by atoms with van der Waals surface area (Å²) in [6, 6.07) is 8.61. The number of hydrogen-bond donors (Lipinski definition) is 1. The average molecular weight is 347 g/mol. The Bertz CT molecular complexity index is 604. The van der Waals surface area contributed by atoms with Gasteiger partial charge in [-0.05, 0) is 30.2 Å². The first kappa shape index (κ1) is 14.4. The molecule has 19 heavy (non-hydrogen) atoms. The minimum atomic E-state index is -0.576. The van der Waals surface area contributed by atoms with E-state index < -0.39 is 17.7 Å². The molecule has 0 saturated heterocycles. The second-order valence-electron chi connectivity index (χ2n) is 4.19. The van der Waals surface area contributed by atoms with Gasteiger partial charge >= 0.3 is 0 Å². The summed E-state index contributed by atoms with van der Waals surface area (Å²) in [7, 11) is 0. The monoisotopic (exact) mass is 345 g/mol. The van der Waals surface area contributed by atoms with E-state index in [0.29, 0.717) is 15.6 Å². The zero-order valence-electron chi connectivity index (χ0n) is 9.84. The Morgan fingerprint density at radius 3 is 2.58 bits per heavy atom. The van der Waals surface area contributed by atoms with E-state index in [2.05, 4.69) is 15.9 Å². The van der Waals surface area contributed by atoms with Gasteiger partial charge in [-0.2, -0.15) is 0 Å². The van der Waals surface area contributed by atoms with Crippen LogP contribution in [0.4, 0.5) is 8.78 Å². The van der Waals surface area contributed by atoms with Crippen molar-refractivity contribution < 1.29 is 8.78 Å². The van der Waals surface area contributed by atoms with Gasteiger partial charge in [0.05, 0.1) is 5.02 Å². The molecule has 0 radical (unpaired) electrons. The first-order valence-electron chi connectivity index (χ1n) is 5.62. The molecule has 2 aromatic carbocycles. The predicted molar refractivity (Wildman–Crippen MR) is 76.1 cm³/mol. The molecule has 0 spiro atoms. The predicted octanol–water partition coefficient (Wildman–Crippen LogP) is 4.62. The molecular weight excluding hydrogens is 336 g/mol. The molecule has 0 aliphatic rings. The van der Waals surface area contributed by atoms with Gasteiger partial charge in [-0.25, -0.2) is 8.78 Å². The fourth-order valence-corrected chi connectivity index (χ4v) is 2.39. The highest BCUT2D eigenvalue weighted by Gasteiger charge is 2.15. The molecule has 1 atom stereocenters. The standard InChI is InChI=1S/C14H11BrClF2N/c15-9-4-5-10(12(18)7-9)13(19)6-8-2-1-3-11(17)14(8)16/h1-5,7,13H,6,19H2. The molecule has 0 aliphatic heterocycles. The summed E-state index contributed by atoms with van der Waals surface area (Å²) >= 11 is 9.04. The van der Waals surface area contributed by atoms with E-state index in [1.807, 2.05) is 0 Å². The third-order valence-electron chi connectivity index (χ3n) is 2.83. The first-order valence-corrected chi connectivity index (χ1v) is 6.79. The lowest BCUT2D eigenvalue weighted by Crippen LogP contribution is -2.15. The van der Waals surface area contributed by atoms with Gasteiger partial charge in [0.1, 0.15) is 11.6 Å². The van der Waals surface area contributed by atoms with Crippen LogP contribution in [0.25, 0.3) is 0 Å². The molecule has 0 fully saturated rings. The summed E-state index contributed by atoms with van der Waals surface area (Å²) in [5, 5.41) is 0.0375. The lowest BCUT2D eigenvalue weighted by Gasteiger charge is -2.14. The Labute approximate surface area is 123 Å². The second kappa shape index (κ2) is 5.99. The van der Waals surface area contributed by atoms with Crippen LogP contribution in [0.15, 0.2) is 40.9 Å². The third-order valence-corrected chi connectivity index (χ3v) is 3.75. The molecule has 0 amide bonds. The van der Waals surface area contributed by atoms with Crippen LogP contribution in [0, 0.1) is 11.6 Å². The molecular formula is C14H11BrClF2N. The summed E-state index contributed by atoms with van der Waals surface area (Å²) in [6.07, 6.45) is 0.273. The molecule has 0 heterocycles. The number of nitrogens with two attached hydrogens (primary N) is 1. The van der Waals surface area contributed by atoms with Gasteiger partial charge in [0.25, 0.3) is 0 Å². The highest BCUT2D eigenvalue weighted by Crippen LogP contribution is 2.26. The van der Waals surface area contributed by atoms with Crippen molar-refractivity contribution in [2.75, 3.05) is 0 Å². The Kier molecular flexibility index (Phi) is 4.55. The maximum absolute atomic E-state index is 13.8. The van der Waals surface area contributed by atoms with E-state index >= 15 is 0 Å². The quantitative estimate of drug-likeness (QED) is 0.862. The normalized spacial score (nSPS) is 12.5. The Hall–Kier alpha value is -0.970. The van der Waals surface area contributed by atoms with Crippen LogP contribution in [-0.4, -0.2) is 0 Å². The van der Waals surface area contributed by atoms with Gasteiger partial charge in [-0.15, -0.1) is 0 Å². The van der Waals surface area contributed by atoms with Gasteiger partial charge in [0.15, 0.2) is 0 Å². The Balaban J connectivity index is 2.25. The molecule has 2 aromatic rings. The maximum atomic E-state index is 13.8. The van der Waals surface area contributed by atoms with Crippen LogP contribution in [0.3, 0.4) is 0 Å². The maximum Gasteiger partial charge on any atom is 0.142 e. The minimum Gasteiger partial charge on any atom is -0.324 e. The van der Waals surface area contributed by atoms with Crippen molar-refractivity contribution >= 4 is 27.5 Å². The summed E-state index contributed by atoms with van der Waals surface area (Å²) in [5.74, 6) is -0.892. The van der Waals surface area contributed by atoms with Crippen LogP contribution in [0.1, 0.15) is 17.2 Å². The van der Waals surface area contributed by atoms with Gasteiger partial charge in [0, 0.05) is 16.1 Å². The molecule has 0 saturated carbocycles. The summed E-state index contributed by atoms with van der Waals surface area (Å²) in [4.78, 5) is 0. The molecule has 2 N–H and O–H groups in total. The highest BCUT2D eigenvalue weighted by atomic mass is 79.9. The van der Waals surface area contributed by atoms with Crippen molar-refractivity contribution in [1.82, 2.24) is 0 Å². The van der Waals surface area contributed by atoms with Crippen molar-refractivity contribution in [1.29, 1.82) is 0 Å². The van der Waals surface area contributed by atoms with Crippen molar-refractivity contribution in [3.05, 3.63) is 68.7 Å². The number of halogens is 4. The van der Waals surface area contributed by atoms with Crippen molar-refractivity contribution in [3.63, 3.8) is 0 Å². The zero-order chi connectivity index (χ0) is 14.0. The molecule has 0 bridgehead atoms. The Morgan fingerprint density at radius 1 is 1.16 bits per heavy atom. The van der Waals surface area contributed by atoms with Crippen LogP contribution in [0.2, 0.25) is 5.02 Å². The molecule has 1 nitrogen and oxygen atoms in total. The summed E-state index contributed by atoms with van der Waals surface area (Å²) < 4.78 is 27.7. The molecule has 0 aromatic heterocycles. The largest absolute Gasteiger partial charge is 0.324 e. The topological polar surface area (TPSA) is 26.0 Å². The third kappa shape index (κ3) is 3.32. The Morgan fingerprint density at radius 2 is 1.89 bits per heavy atom. The van der Waals surface area contributed by atoms with Gasteiger partial charge in [-0.1, -0.05) is 45.7 Å². The van der Waals surface area contributed by atoms with Crippen LogP contribution >= 0.6 is 27.5 Å².